The predicted molar refractivity (Wildman–Crippen MR) is 62.7 cm³/mol. The van der Waals surface area contributed by atoms with Crippen molar-refractivity contribution in [2.24, 2.45) is 0 Å². The molecule has 0 spiro atoms. The molecule has 0 radical (unpaired) electrons. The van der Waals surface area contributed by atoms with Crippen LogP contribution < -0.4 is 5.56 Å². The molecule has 0 amide bonds. The second-order valence-electron chi connectivity index (χ2n) is 3.06. The zero-order chi connectivity index (χ0) is 11.5. The van der Waals surface area contributed by atoms with Gasteiger partial charge in [0.15, 0.2) is 0 Å². The van der Waals surface area contributed by atoms with E-state index in [9.17, 15) is 4.79 Å². The standard InChI is InChI=1S/C11H6BrN3O/c12-8-5-7(6-13)11(16)15-10(8)9-3-1-2-4-14-9/h1-5H,(H,15,16). The van der Waals surface area contributed by atoms with E-state index in [0.717, 1.165) is 0 Å². The first-order chi connectivity index (χ1) is 7.72. The Morgan fingerprint density at radius 2 is 2.25 bits per heavy atom. The van der Waals surface area contributed by atoms with Crippen molar-refractivity contribution in [3.8, 4) is 17.5 Å². The van der Waals surface area contributed by atoms with Crippen LogP contribution in [0.25, 0.3) is 11.4 Å². The summed E-state index contributed by atoms with van der Waals surface area (Å²) in [5.74, 6) is 0. The van der Waals surface area contributed by atoms with Crippen LogP contribution in [-0.4, -0.2) is 9.97 Å². The maximum absolute atomic E-state index is 11.5. The molecule has 0 bridgehead atoms. The van der Waals surface area contributed by atoms with Gasteiger partial charge >= 0.3 is 0 Å². The maximum atomic E-state index is 11.5. The quantitative estimate of drug-likeness (QED) is 0.866. The molecular weight excluding hydrogens is 270 g/mol. The van der Waals surface area contributed by atoms with E-state index >= 15 is 0 Å². The summed E-state index contributed by atoms with van der Waals surface area (Å²) in [5.41, 5.74) is 0.887. The van der Waals surface area contributed by atoms with Crippen molar-refractivity contribution in [1.82, 2.24) is 9.97 Å². The van der Waals surface area contributed by atoms with Crippen LogP contribution in [0.1, 0.15) is 5.56 Å². The molecule has 0 fully saturated rings. The van der Waals surface area contributed by atoms with Gasteiger partial charge < -0.3 is 4.98 Å². The Balaban J connectivity index is 2.65. The van der Waals surface area contributed by atoms with Gasteiger partial charge in [-0.1, -0.05) is 6.07 Å². The van der Waals surface area contributed by atoms with E-state index in [1.165, 1.54) is 6.07 Å². The van der Waals surface area contributed by atoms with Gasteiger partial charge in [0, 0.05) is 10.7 Å². The van der Waals surface area contributed by atoms with E-state index in [1.807, 2.05) is 12.1 Å². The van der Waals surface area contributed by atoms with E-state index in [-0.39, 0.29) is 5.56 Å². The zero-order valence-corrected chi connectivity index (χ0v) is 9.65. The van der Waals surface area contributed by atoms with Crippen LogP contribution in [0.2, 0.25) is 0 Å². The van der Waals surface area contributed by atoms with Gasteiger partial charge in [0.05, 0.1) is 11.4 Å². The molecule has 2 heterocycles. The number of nitrogens with one attached hydrogen (secondary N) is 1. The summed E-state index contributed by atoms with van der Waals surface area (Å²) in [4.78, 5) is 18.2. The summed E-state index contributed by atoms with van der Waals surface area (Å²) < 4.78 is 0.641. The fraction of sp³-hybridized carbons (Fsp3) is 0. The minimum Gasteiger partial charge on any atom is -0.319 e. The van der Waals surface area contributed by atoms with Crippen molar-refractivity contribution >= 4 is 15.9 Å². The van der Waals surface area contributed by atoms with Gasteiger partial charge in [-0.25, -0.2) is 0 Å². The third-order valence-electron chi connectivity index (χ3n) is 2.03. The molecule has 2 aromatic heterocycles. The topological polar surface area (TPSA) is 69.5 Å². The molecule has 0 aliphatic carbocycles. The number of rotatable bonds is 1. The third-order valence-corrected chi connectivity index (χ3v) is 2.66. The smallest absolute Gasteiger partial charge is 0.266 e. The molecule has 0 atom stereocenters. The largest absolute Gasteiger partial charge is 0.319 e. The molecule has 0 unspecified atom stereocenters. The molecule has 4 nitrogen and oxygen atoms in total. The molecular formula is C11H6BrN3O. The van der Waals surface area contributed by atoms with Crippen LogP contribution in [0.3, 0.4) is 0 Å². The number of hydrogen-bond donors (Lipinski definition) is 1. The molecule has 2 aromatic rings. The SMILES string of the molecule is N#Cc1cc(Br)c(-c2ccccn2)[nH]c1=O. The number of aromatic nitrogens is 2. The predicted octanol–water partition coefficient (Wildman–Crippen LogP) is 2.07. The van der Waals surface area contributed by atoms with E-state index in [1.54, 1.807) is 18.3 Å². The summed E-state index contributed by atoms with van der Waals surface area (Å²) in [6.07, 6.45) is 1.64. The minimum atomic E-state index is -0.411. The van der Waals surface area contributed by atoms with Gasteiger partial charge in [-0.3, -0.25) is 9.78 Å². The van der Waals surface area contributed by atoms with Gasteiger partial charge in [0.2, 0.25) is 0 Å². The van der Waals surface area contributed by atoms with Gasteiger partial charge in [-0.05, 0) is 34.1 Å². The summed E-state index contributed by atoms with van der Waals surface area (Å²) in [7, 11) is 0. The average Bonchev–Trinajstić information content (AvgIpc) is 2.32. The molecule has 5 heteroatoms. The summed E-state index contributed by atoms with van der Waals surface area (Å²) in [6, 6.07) is 8.70. The molecule has 0 aliphatic rings. The molecule has 0 aromatic carbocycles. The Morgan fingerprint density at radius 1 is 1.44 bits per heavy atom. The fourth-order valence-electron chi connectivity index (χ4n) is 1.29. The highest BCUT2D eigenvalue weighted by molar-refractivity contribution is 9.10. The van der Waals surface area contributed by atoms with Gasteiger partial charge in [-0.15, -0.1) is 0 Å². The van der Waals surface area contributed by atoms with Crippen molar-refractivity contribution < 1.29 is 0 Å². The van der Waals surface area contributed by atoms with Crippen molar-refractivity contribution in [2.45, 2.75) is 0 Å². The average molecular weight is 276 g/mol. The lowest BCUT2D eigenvalue weighted by molar-refractivity contribution is 1.17. The zero-order valence-electron chi connectivity index (χ0n) is 8.07. The Morgan fingerprint density at radius 3 is 2.88 bits per heavy atom. The first-order valence-electron chi connectivity index (χ1n) is 4.46. The molecule has 0 aliphatic heterocycles. The second-order valence-corrected chi connectivity index (χ2v) is 3.92. The Labute approximate surface area is 99.7 Å². The highest BCUT2D eigenvalue weighted by atomic mass is 79.9. The minimum absolute atomic E-state index is 0.0755. The highest BCUT2D eigenvalue weighted by Gasteiger charge is 2.08. The van der Waals surface area contributed by atoms with Gasteiger partial charge in [0.1, 0.15) is 11.6 Å². The number of halogens is 1. The lowest BCUT2D eigenvalue weighted by atomic mass is 10.2. The lowest BCUT2D eigenvalue weighted by Gasteiger charge is -2.03. The van der Waals surface area contributed by atoms with Crippen LogP contribution in [-0.2, 0) is 0 Å². The number of hydrogen-bond acceptors (Lipinski definition) is 3. The fourth-order valence-corrected chi connectivity index (χ4v) is 1.82. The third kappa shape index (κ3) is 1.88. The van der Waals surface area contributed by atoms with Crippen molar-refractivity contribution in [3.05, 3.63) is 50.9 Å². The molecule has 1 N–H and O–H groups in total. The summed E-state index contributed by atoms with van der Waals surface area (Å²) >= 11 is 3.30. The van der Waals surface area contributed by atoms with Crippen LogP contribution in [0.4, 0.5) is 0 Å². The Kier molecular flexibility index (Phi) is 2.84. The van der Waals surface area contributed by atoms with Crippen molar-refractivity contribution in [1.29, 1.82) is 5.26 Å². The highest BCUT2D eigenvalue weighted by Crippen LogP contribution is 2.23. The molecule has 2 rings (SSSR count). The van der Waals surface area contributed by atoms with Crippen LogP contribution in [0, 0.1) is 11.3 Å². The summed E-state index contributed by atoms with van der Waals surface area (Å²) in [6.45, 7) is 0. The van der Waals surface area contributed by atoms with Crippen molar-refractivity contribution in [2.75, 3.05) is 0 Å². The summed E-state index contributed by atoms with van der Waals surface area (Å²) in [5, 5.41) is 8.70. The lowest BCUT2D eigenvalue weighted by Crippen LogP contribution is -2.11. The first kappa shape index (κ1) is 10.6. The Hall–Kier alpha value is -1.93. The van der Waals surface area contributed by atoms with Gasteiger partial charge in [-0.2, -0.15) is 5.26 Å². The molecule has 78 valence electrons. The number of H-pyrrole nitrogens is 1. The number of nitrogens with zero attached hydrogens (tertiary/aromatic N) is 2. The second kappa shape index (κ2) is 4.29. The van der Waals surface area contributed by atoms with E-state index < -0.39 is 5.56 Å². The van der Waals surface area contributed by atoms with E-state index in [4.69, 9.17) is 5.26 Å². The number of aromatic amines is 1. The number of nitriles is 1. The van der Waals surface area contributed by atoms with E-state index in [0.29, 0.717) is 15.9 Å². The van der Waals surface area contributed by atoms with Gasteiger partial charge in [0.25, 0.3) is 5.56 Å². The number of pyridine rings is 2. The van der Waals surface area contributed by atoms with Crippen LogP contribution in [0.15, 0.2) is 39.7 Å². The monoisotopic (exact) mass is 275 g/mol. The molecule has 0 saturated carbocycles. The van der Waals surface area contributed by atoms with Crippen LogP contribution >= 0.6 is 15.9 Å². The van der Waals surface area contributed by atoms with Crippen molar-refractivity contribution in [3.63, 3.8) is 0 Å². The molecule has 16 heavy (non-hydrogen) atoms. The maximum Gasteiger partial charge on any atom is 0.266 e. The first-order valence-corrected chi connectivity index (χ1v) is 5.26. The Bertz CT molecular complexity index is 613. The molecule has 0 saturated heterocycles. The van der Waals surface area contributed by atoms with E-state index in [2.05, 4.69) is 25.9 Å². The normalized spacial score (nSPS) is 9.75. The van der Waals surface area contributed by atoms with Crippen LogP contribution in [0.5, 0.6) is 0 Å².